The Morgan fingerprint density at radius 2 is 1.17 bits per heavy atom. The summed E-state index contributed by atoms with van der Waals surface area (Å²) < 4.78 is 81.3. The van der Waals surface area contributed by atoms with E-state index in [2.05, 4.69) is 9.47 Å². The van der Waals surface area contributed by atoms with Crippen LogP contribution < -0.4 is 0 Å². The van der Waals surface area contributed by atoms with Crippen molar-refractivity contribution in [1.82, 2.24) is 0 Å². The molecule has 18 heavy (non-hydrogen) atoms. The summed E-state index contributed by atoms with van der Waals surface area (Å²) in [5, 5.41) is 0. The molecule has 3 nitrogen and oxygen atoms in total. The molecule has 0 saturated carbocycles. The molecule has 0 aliphatic rings. The molecule has 0 aliphatic carbocycles. The van der Waals surface area contributed by atoms with Crippen LogP contribution in [0.25, 0.3) is 0 Å². The van der Waals surface area contributed by atoms with E-state index in [1.807, 2.05) is 0 Å². The molecule has 0 aromatic rings. The lowest BCUT2D eigenvalue weighted by atomic mass is 10.3. The second-order valence-corrected chi connectivity index (χ2v) is 3.42. The van der Waals surface area contributed by atoms with Gasteiger partial charge in [-0.2, -0.15) is 0 Å². The number of carbonyl (C=O) groups is 1. The molecule has 0 aromatic carbocycles. The maximum Gasteiger partial charge on any atom is 0.508 e. The van der Waals surface area contributed by atoms with Crippen LogP contribution in [0.1, 0.15) is 12.8 Å². The molecule has 0 fully saturated rings. The molecule has 0 aromatic heterocycles. The SMILES string of the molecule is O=C(OCC(F)(F)CCF)OCC(F)(F)CCF. The molecule has 0 bridgehead atoms. The zero-order chi connectivity index (χ0) is 14.2. The number of rotatable bonds is 8. The van der Waals surface area contributed by atoms with Gasteiger partial charge in [0.1, 0.15) is 0 Å². The highest BCUT2D eigenvalue weighted by molar-refractivity contribution is 5.59. The highest BCUT2D eigenvalue weighted by Crippen LogP contribution is 2.21. The van der Waals surface area contributed by atoms with E-state index in [0.717, 1.165) is 0 Å². The average molecular weight is 282 g/mol. The van der Waals surface area contributed by atoms with Gasteiger partial charge in [0.05, 0.1) is 13.3 Å². The van der Waals surface area contributed by atoms with Crippen LogP contribution in [0, 0.1) is 0 Å². The van der Waals surface area contributed by atoms with Crippen molar-refractivity contribution in [2.45, 2.75) is 24.7 Å². The first-order chi connectivity index (χ1) is 8.22. The van der Waals surface area contributed by atoms with Crippen molar-refractivity contribution in [2.75, 3.05) is 26.6 Å². The topological polar surface area (TPSA) is 35.5 Å². The largest absolute Gasteiger partial charge is 0.508 e. The average Bonchev–Trinajstić information content (AvgIpc) is 2.24. The predicted octanol–water partition coefficient (Wildman–Crippen LogP) is 3.13. The van der Waals surface area contributed by atoms with Gasteiger partial charge in [0, 0.05) is 12.8 Å². The van der Waals surface area contributed by atoms with E-state index >= 15 is 0 Å². The lowest BCUT2D eigenvalue weighted by Gasteiger charge is -2.16. The Labute approximate surface area is 99.0 Å². The standard InChI is InChI=1S/C9H12F6O3/c10-3-1-8(12,13)5-17-7(16)18-6-9(14,15)2-4-11/h1-6H2. The van der Waals surface area contributed by atoms with E-state index in [4.69, 9.17) is 0 Å². The van der Waals surface area contributed by atoms with Crippen molar-refractivity contribution in [3.8, 4) is 0 Å². The highest BCUT2D eigenvalue weighted by Gasteiger charge is 2.33. The van der Waals surface area contributed by atoms with Crippen LogP contribution in [0.5, 0.6) is 0 Å². The monoisotopic (exact) mass is 282 g/mol. The Bertz CT molecular complexity index is 235. The summed E-state index contributed by atoms with van der Waals surface area (Å²) in [6.45, 7) is -5.57. The molecule has 0 amide bonds. The Morgan fingerprint density at radius 1 is 0.833 bits per heavy atom. The molecule has 0 N–H and O–H groups in total. The van der Waals surface area contributed by atoms with Crippen molar-refractivity contribution in [3.05, 3.63) is 0 Å². The molecule has 0 rings (SSSR count). The number of alkyl halides is 6. The smallest absolute Gasteiger partial charge is 0.428 e. The van der Waals surface area contributed by atoms with E-state index < -0.39 is 57.4 Å². The number of hydrogen-bond acceptors (Lipinski definition) is 3. The first-order valence-corrected chi connectivity index (χ1v) is 4.89. The summed E-state index contributed by atoms with van der Waals surface area (Å²) in [6, 6.07) is 0. The Balaban J connectivity index is 3.92. The molecule has 0 radical (unpaired) electrons. The number of ether oxygens (including phenoxy) is 2. The van der Waals surface area contributed by atoms with E-state index in [-0.39, 0.29) is 0 Å². The molecule has 0 spiro atoms. The zero-order valence-corrected chi connectivity index (χ0v) is 9.24. The fourth-order valence-corrected chi connectivity index (χ4v) is 0.792. The van der Waals surface area contributed by atoms with E-state index in [9.17, 15) is 31.1 Å². The fraction of sp³-hybridized carbons (Fsp3) is 0.889. The minimum absolute atomic E-state index is 1.15. The van der Waals surface area contributed by atoms with Crippen molar-refractivity contribution in [2.24, 2.45) is 0 Å². The maximum absolute atomic E-state index is 12.6. The molecule has 0 heterocycles. The summed E-state index contributed by atoms with van der Waals surface area (Å²) in [5.41, 5.74) is 0. The number of hydrogen-bond donors (Lipinski definition) is 0. The van der Waals surface area contributed by atoms with Gasteiger partial charge in [0.15, 0.2) is 13.2 Å². The fourth-order valence-electron chi connectivity index (χ4n) is 0.792. The first-order valence-electron chi connectivity index (χ1n) is 4.89. The summed E-state index contributed by atoms with van der Waals surface area (Å²) in [6.07, 6.45) is -4.05. The van der Waals surface area contributed by atoms with Crippen LogP contribution in [0.2, 0.25) is 0 Å². The van der Waals surface area contributed by atoms with Gasteiger partial charge in [0.25, 0.3) is 11.8 Å². The molecule has 0 unspecified atom stereocenters. The zero-order valence-electron chi connectivity index (χ0n) is 9.24. The summed E-state index contributed by atoms with van der Waals surface area (Å²) in [7, 11) is 0. The lowest BCUT2D eigenvalue weighted by molar-refractivity contribution is -0.100. The van der Waals surface area contributed by atoms with Gasteiger partial charge >= 0.3 is 6.16 Å². The molecule has 9 heteroatoms. The van der Waals surface area contributed by atoms with Gasteiger partial charge in [-0.15, -0.1) is 0 Å². The first kappa shape index (κ1) is 16.9. The van der Waals surface area contributed by atoms with Gasteiger partial charge in [0.2, 0.25) is 0 Å². The van der Waals surface area contributed by atoms with Crippen molar-refractivity contribution >= 4 is 6.16 Å². The van der Waals surface area contributed by atoms with Crippen LogP contribution >= 0.6 is 0 Å². The Morgan fingerprint density at radius 3 is 1.44 bits per heavy atom. The third-order valence-electron chi connectivity index (χ3n) is 1.72. The van der Waals surface area contributed by atoms with Crippen LogP contribution in [-0.4, -0.2) is 44.6 Å². The normalized spacial score (nSPS) is 12.3. The van der Waals surface area contributed by atoms with E-state index in [1.165, 1.54) is 0 Å². The lowest BCUT2D eigenvalue weighted by Crippen LogP contribution is -2.30. The molecule has 108 valence electrons. The van der Waals surface area contributed by atoms with Crippen molar-refractivity contribution in [1.29, 1.82) is 0 Å². The minimum atomic E-state index is -3.59. The van der Waals surface area contributed by atoms with E-state index in [0.29, 0.717) is 0 Å². The van der Waals surface area contributed by atoms with Gasteiger partial charge < -0.3 is 9.47 Å². The quantitative estimate of drug-likeness (QED) is 0.507. The third-order valence-corrected chi connectivity index (χ3v) is 1.72. The molecule has 0 saturated heterocycles. The van der Waals surface area contributed by atoms with Gasteiger partial charge in [-0.1, -0.05) is 0 Å². The van der Waals surface area contributed by atoms with Gasteiger partial charge in [-0.25, -0.2) is 22.4 Å². The van der Waals surface area contributed by atoms with Crippen LogP contribution in [0.3, 0.4) is 0 Å². The van der Waals surface area contributed by atoms with Crippen LogP contribution in [0.4, 0.5) is 31.1 Å². The second kappa shape index (κ2) is 7.32. The summed E-state index contributed by atoms with van der Waals surface area (Å²) in [5.74, 6) is -7.18. The molecule has 0 atom stereocenters. The third kappa shape index (κ3) is 8.02. The van der Waals surface area contributed by atoms with Gasteiger partial charge in [-0.05, 0) is 0 Å². The Hall–Kier alpha value is -1.15. The molecular formula is C9H12F6O3. The highest BCUT2D eigenvalue weighted by atomic mass is 19.3. The predicted molar refractivity (Wildman–Crippen MR) is 48.4 cm³/mol. The summed E-state index contributed by atoms with van der Waals surface area (Å²) >= 11 is 0. The Kier molecular flexibility index (Phi) is 6.85. The molecular weight excluding hydrogens is 270 g/mol. The van der Waals surface area contributed by atoms with Gasteiger partial charge in [-0.3, -0.25) is 8.78 Å². The van der Waals surface area contributed by atoms with E-state index in [1.54, 1.807) is 0 Å². The van der Waals surface area contributed by atoms with Crippen molar-refractivity contribution < 1.29 is 40.6 Å². The second-order valence-electron chi connectivity index (χ2n) is 3.42. The minimum Gasteiger partial charge on any atom is -0.428 e. The van der Waals surface area contributed by atoms with Crippen LogP contribution in [-0.2, 0) is 9.47 Å². The van der Waals surface area contributed by atoms with Crippen molar-refractivity contribution in [3.63, 3.8) is 0 Å². The number of carbonyl (C=O) groups excluding carboxylic acids is 1. The molecule has 0 aliphatic heterocycles. The number of halogens is 6. The maximum atomic E-state index is 12.6. The van der Waals surface area contributed by atoms with Crippen LogP contribution in [0.15, 0.2) is 0 Å². The summed E-state index contributed by atoms with van der Waals surface area (Å²) in [4.78, 5) is 10.6.